The van der Waals surface area contributed by atoms with E-state index in [9.17, 15) is 0 Å². The third-order valence-corrected chi connectivity index (χ3v) is 3.15. The molecule has 0 N–H and O–H groups in total. The van der Waals surface area contributed by atoms with Crippen molar-refractivity contribution in [2.45, 2.75) is 13.8 Å². The van der Waals surface area contributed by atoms with Crippen LogP contribution in [0.3, 0.4) is 0 Å². The number of rotatable bonds is 2. The first-order valence-electron chi connectivity index (χ1n) is 6.01. The van der Waals surface area contributed by atoms with Crippen molar-refractivity contribution in [1.29, 1.82) is 0 Å². The molecule has 0 atom stereocenters. The lowest BCUT2D eigenvalue weighted by molar-refractivity contribution is 0.393. The van der Waals surface area contributed by atoms with Crippen LogP contribution in [0.15, 0.2) is 23.0 Å². The Kier molecular flexibility index (Phi) is 3.02. The number of hydrogen-bond donors (Lipinski definition) is 0. The van der Waals surface area contributed by atoms with Gasteiger partial charge in [0.25, 0.3) is 0 Å². The van der Waals surface area contributed by atoms with Crippen molar-refractivity contribution in [3.8, 4) is 22.6 Å². The minimum atomic E-state index is 0.369. The minimum Gasteiger partial charge on any atom is -0.361 e. The van der Waals surface area contributed by atoms with E-state index < -0.39 is 0 Å². The van der Waals surface area contributed by atoms with Gasteiger partial charge in [-0.3, -0.25) is 4.68 Å². The summed E-state index contributed by atoms with van der Waals surface area (Å²) in [5.74, 6) is 1.18. The average Bonchev–Trinajstić information content (AvgIpc) is 2.95. The largest absolute Gasteiger partial charge is 0.361 e. The van der Waals surface area contributed by atoms with Gasteiger partial charge in [0.1, 0.15) is 10.9 Å². The predicted molar refractivity (Wildman–Crippen MR) is 74.2 cm³/mol. The molecular formula is C13H12ClN5O. The van der Waals surface area contributed by atoms with Crippen LogP contribution in [-0.4, -0.2) is 24.9 Å². The molecule has 0 aliphatic carbocycles. The van der Waals surface area contributed by atoms with E-state index in [-0.39, 0.29) is 0 Å². The molecular weight excluding hydrogens is 278 g/mol. The van der Waals surface area contributed by atoms with E-state index >= 15 is 0 Å². The van der Waals surface area contributed by atoms with Gasteiger partial charge in [-0.1, -0.05) is 16.8 Å². The Labute approximate surface area is 120 Å². The van der Waals surface area contributed by atoms with Crippen LogP contribution in [0.25, 0.3) is 22.6 Å². The Morgan fingerprint density at radius 1 is 1.25 bits per heavy atom. The molecule has 0 aliphatic rings. The molecule has 0 spiro atoms. The van der Waals surface area contributed by atoms with Crippen LogP contribution < -0.4 is 0 Å². The highest BCUT2D eigenvalue weighted by atomic mass is 35.5. The highest BCUT2D eigenvalue weighted by Gasteiger charge is 2.16. The van der Waals surface area contributed by atoms with Crippen molar-refractivity contribution in [3.63, 3.8) is 0 Å². The first kappa shape index (κ1) is 12.8. The molecule has 0 saturated heterocycles. The lowest BCUT2D eigenvalue weighted by Crippen LogP contribution is -1.94. The van der Waals surface area contributed by atoms with Crippen LogP contribution in [0.4, 0.5) is 0 Å². The fourth-order valence-electron chi connectivity index (χ4n) is 2.03. The lowest BCUT2D eigenvalue weighted by atomic mass is 10.2. The van der Waals surface area contributed by atoms with E-state index in [1.54, 1.807) is 16.9 Å². The van der Waals surface area contributed by atoms with Crippen molar-refractivity contribution in [3.05, 3.63) is 35.1 Å². The summed E-state index contributed by atoms with van der Waals surface area (Å²) in [6.45, 7) is 3.67. The molecule has 0 bridgehead atoms. The van der Waals surface area contributed by atoms with Gasteiger partial charge in [0.05, 0.1) is 23.1 Å². The molecule has 102 valence electrons. The van der Waals surface area contributed by atoms with Crippen molar-refractivity contribution < 1.29 is 4.52 Å². The zero-order chi connectivity index (χ0) is 14.3. The summed E-state index contributed by atoms with van der Waals surface area (Å²) in [7, 11) is 1.85. The summed E-state index contributed by atoms with van der Waals surface area (Å²) in [5, 5.41) is 8.42. The third-order valence-electron chi connectivity index (χ3n) is 2.95. The maximum Gasteiger partial charge on any atom is 0.166 e. The maximum atomic E-state index is 6.10. The van der Waals surface area contributed by atoms with Gasteiger partial charge in [0, 0.05) is 24.9 Å². The van der Waals surface area contributed by atoms with Gasteiger partial charge in [-0.25, -0.2) is 9.97 Å². The van der Waals surface area contributed by atoms with Crippen molar-refractivity contribution >= 4 is 11.6 Å². The van der Waals surface area contributed by atoms with Crippen LogP contribution in [0.1, 0.15) is 11.5 Å². The normalized spacial score (nSPS) is 11.0. The number of aryl methyl sites for hydroxylation is 3. The van der Waals surface area contributed by atoms with Crippen LogP contribution >= 0.6 is 11.6 Å². The van der Waals surface area contributed by atoms with Crippen molar-refractivity contribution in [2.24, 2.45) is 7.05 Å². The summed E-state index contributed by atoms with van der Waals surface area (Å²) in [6, 6.07) is 1.71. The van der Waals surface area contributed by atoms with Gasteiger partial charge >= 0.3 is 0 Å². The van der Waals surface area contributed by atoms with Crippen LogP contribution in [-0.2, 0) is 7.05 Å². The summed E-state index contributed by atoms with van der Waals surface area (Å²) in [4.78, 5) is 8.79. The monoisotopic (exact) mass is 289 g/mol. The maximum absolute atomic E-state index is 6.10. The number of aromatic nitrogens is 5. The molecule has 0 fully saturated rings. The fourth-order valence-corrected chi connectivity index (χ4v) is 2.22. The number of nitrogens with zero attached hydrogens (tertiary/aromatic N) is 5. The van der Waals surface area contributed by atoms with Gasteiger partial charge in [0.15, 0.2) is 5.82 Å². The third kappa shape index (κ3) is 2.18. The number of hydrogen-bond acceptors (Lipinski definition) is 5. The van der Waals surface area contributed by atoms with Gasteiger partial charge in [0.2, 0.25) is 0 Å². The summed E-state index contributed by atoms with van der Waals surface area (Å²) in [5.41, 5.74) is 3.11. The summed E-state index contributed by atoms with van der Waals surface area (Å²) in [6.07, 6.45) is 3.60. The molecule has 7 heteroatoms. The smallest absolute Gasteiger partial charge is 0.166 e. The SMILES string of the molecule is Cc1noc(C)c1-c1nc(Cl)cc(-c2cnn(C)c2)n1. The Bertz CT molecular complexity index is 757. The molecule has 0 saturated carbocycles. The van der Waals surface area contributed by atoms with Crippen LogP contribution in [0, 0.1) is 13.8 Å². The molecule has 0 unspecified atom stereocenters. The standard InChI is InChI=1S/C13H12ClN5O/c1-7-12(8(2)20-18-7)13-16-10(4-11(14)17-13)9-5-15-19(3)6-9/h4-6H,1-3H3. The van der Waals surface area contributed by atoms with E-state index in [4.69, 9.17) is 16.1 Å². The molecule has 0 aliphatic heterocycles. The molecule has 6 nitrogen and oxygen atoms in total. The van der Waals surface area contributed by atoms with Gasteiger partial charge in [-0.15, -0.1) is 0 Å². The fraction of sp³-hybridized carbons (Fsp3) is 0.231. The zero-order valence-corrected chi connectivity index (χ0v) is 12.0. The van der Waals surface area contributed by atoms with Crippen molar-refractivity contribution in [2.75, 3.05) is 0 Å². The second kappa shape index (κ2) is 4.72. The molecule has 0 radical (unpaired) electrons. The van der Waals surface area contributed by atoms with Gasteiger partial charge in [-0.05, 0) is 13.8 Å². The molecule has 3 aromatic rings. The van der Waals surface area contributed by atoms with E-state index in [1.165, 1.54) is 0 Å². The summed E-state index contributed by atoms with van der Waals surface area (Å²) >= 11 is 6.10. The second-order valence-corrected chi connectivity index (χ2v) is 4.89. The van der Waals surface area contributed by atoms with Crippen molar-refractivity contribution in [1.82, 2.24) is 24.9 Å². The highest BCUT2D eigenvalue weighted by molar-refractivity contribution is 6.29. The molecule has 3 heterocycles. The van der Waals surface area contributed by atoms with E-state index in [0.29, 0.717) is 22.4 Å². The quantitative estimate of drug-likeness (QED) is 0.679. The molecule has 0 amide bonds. The average molecular weight is 290 g/mol. The Morgan fingerprint density at radius 3 is 2.65 bits per heavy atom. The van der Waals surface area contributed by atoms with Crippen LogP contribution in [0.2, 0.25) is 5.15 Å². The number of halogens is 1. The molecule has 3 rings (SSSR count). The zero-order valence-electron chi connectivity index (χ0n) is 11.3. The highest BCUT2D eigenvalue weighted by Crippen LogP contribution is 2.27. The first-order chi connectivity index (χ1) is 9.54. The first-order valence-corrected chi connectivity index (χ1v) is 6.39. The van der Waals surface area contributed by atoms with E-state index in [2.05, 4.69) is 20.2 Å². The minimum absolute atomic E-state index is 0.369. The Morgan fingerprint density at radius 2 is 2.05 bits per heavy atom. The molecule has 3 aromatic heterocycles. The van der Waals surface area contributed by atoms with E-state index in [1.807, 2.05) is 27.1 Å². The predicted octanol–water partition coefficient (Wildman–Crippen LogP) is 2.80. The van der Waals surface area contributed by atoms with Gasteiger partial charge < -0.3 is 4.52 Å². The molecule has 20 heavy (non-hydrogen) atoms. The Balaban J connectivity index is 2.17. The van der Waals surface area contributed by atoms with Crippen LogP contribution in [0.5, 0.6) is 0 Å². The van der Waals surface area contributed by atoms with Gasteiger partial charge in [-0.2, -0.15) is 5.10 Å². The second-order valence-electron chi connectivity index (χ2n) is 4.50. The topological polar surface area (TPSA) is 69.6 Å². The molecule has 0 aromatic carbocycles. The summed E-state index contributed by atoms with van der Waals surface area (Å²) < 4.78 is 6.86. The van der Waals surface area contributed by atoms with E-state index in [0.717, 1.165) is 16.8 Å². The Hall–Kier alpha value is -2.21. The lowest BCUT2D eigenvalue weighted by Gasteiger charge is -2.03.